The highest BCUT2D eigenvalue weighted by molar-refractivity contribution is 7.12. The SMILES string of the molecule is CCC(N)(CC)CNC(=O)c1sccc1OC. The average Bonchev–Trinajstić information content (AvgIpc) is 2.83. The van der Waals surface area contributed by atoms with Crippen molar-refractivity contribution in [2.75, 3.05) is 13.7 Å². The standard InChI is InChI=1S/C12H20N2O2S/c1-4-12(13,5-2)8-14-11(15)10-9(16-3)6-7-17-10/h6-7H,4-5,8,13H2,1-3H3,(H,14,15). The fourth-order valence-electron chi connectivity index (χ4n) is 1.46. The molecule has 1 heterocycles. The van der Waals surface area contributed by atoms with E-state index in [0.717, 1.165) is 12.8 Å². The molecule has 96 valence electrons. The summed E-state index contributed by atoms with van der Waals surface area (Å²) >= 11 is 1.37. The third-order valence-electron chi connectivity index (χ3n) is 3.06. The number of nitrogens with two attached hydrogens (primary N) is 1. The van der Waals surface area contributed by atoms with E-state index in [1.165, 1.54) is 11.3 Å². The number of methoxy groups -OCH3 is 1. The summed E-state index contributed by atoms with van der Waals surface area (Å²) in [5.74, 6) is 0.497. The van der Waals surface area contributed by atoms with Crippen molar-refractivity contribution < 1.29 is 9.53 Å². The zero-order valence-corrected chi connectivity index (χ0v) is 11.4. The number of thiophene rings is 1. The van der Waals surface area contributed by atoms with Crippen LogP contribution < -0.4 is 15.8 Å². The predicted octanol–water partition coefficient (Wildman–Crippen LogP) is 2.00. The number of carbonyl (C=O) groups is 1. The molecule has 3 N–H and O–H groups in total. The molecular weight excluding hydrogens is 236 g/mol. The van der Waals surface area contributed by atoms with Crippen LogP contribution in [0.2, 0.25) is 0 Å². The van der Waals surface area contributed by atoms with Gasteiger partial charge in [-0.1, -0.05) is 13.8 Å². The van der Waals surface area contributed by atoms with E-state index in [0.29, 0.717) is 17.2 Å². The molecule has 1 aromatic rings. The summed E-state index contributed by atoms with van der Waals surface area (Å²) in [7, 11) is 1.56. The number of rotatable bonds is 6. The zero-order chi connectivity index (χ0) is 12.9. The van der Waals surface area contributed by atoms with Gasteiger partial charge in [-0.05, 0) is 24.3 Å². The molecule has 0 unspecified atom stereocenters. The van der Waals surface area contributed by atoms with Gasteiger partial charge in [0.05, 0.1) is 7.11 Å². The molecular formula is C12H20N2O2S. The van der Waals surface area contributed by atoms with Gasteiger partial charge in [0, 0.05) is 12.1 Å². The molecule has 17 heavy (non-hydrogen) atoms. The van der Waals surface area contributed by atoms with Crippen LogP contribution in [0.3, 0.4) is 0 Å². The molecule has 0 fully saturated rings. The van der Waals surface area contributed by atoms with E-state index >= 15 is 0 Å². The van der Waals surface area contributed by atoms with E-state index in [2.05, 4.69) is 5.32 Å². The van der Waals surface area contributed by atoms with E-state index in [4.69, 9.17) is 10.5 Å². The van der Waals surface area contributed by atoms with Crippen LogP contribution in [-0.4, -0.2) is 25.1 Å². The van der Waals surface area contributed by atoms with Crippen LogP contribution in [0.25, 0.3) is 0 Å². The van der Waals surface area contributed by atoms with Gasteiger partial charge in [-0.3, -0.25) is 4.79 Å². The Balaban J connectivity index is 2.62. The molecule has 0 radical (unpaired) electrons. The number of hydrogen-bond acceptors (Lipinski definition) is 4. The van der Waals surface area contributed by atoms with Crippen LogP contribution in [0.1, 0.15) is 36.4 Å². The highest BCUT2D eigenvalue weighted by Crippen LogP contribution is 2.24. The van der Waals surface area contributed by atoms with Gasteiger partial charge in [0.15, 0.2) is 0 Å². The van der Waals surface area contributed by atoms with Gasteiger partial charge in [0.1, 0.15) is 10.6 Å². The lowest BCUT2D eigenvalue weighted by atomic mass is 9.94. The molecule has 0 aromatic carbocycles. The van der Waals surface area contributed by atoms with Gasteiger partial charge in [-0.25, -0.2) is 0 Å². The monoisotopic (exact) mass is 256 g/mol. The lowest BCUT2D eigenvalue weighted by molar-refractivity contribution is 0.0943. The van der Waals surface area contributed by atoms with Crippen molar-refractivity contribution in [3.05, 3.63) is 16.3 Å². The van der Waals surface area contributed by atoms with E-state index in [1.54, 1.807) is 13.2 Å². The minimum atomic E-state index is -0.319. The summed E-state index contributed by atoms with van der Waals surface area (Å²) in [4.78, 5) is 12.5. The summed E-state index contributed by atoms with van der Waals surface area (Å²) < 4.78 is 5.11. The molecule has 1 rings (SSSR count). The molecule has 0 spiro atoms. The maximum atomic E-state index is 11.9. The first-order chi connectivity index (χ1) is 8.06. The van der Waals surface area contributed by atoms with Crippen LogP contribution in [0, 0.1) is 0 Å². The molecule has 0 saturated carbocycles. The largest absolute Gasteiger partial charge is 0.495 e. The Labute approximate surface area is 106 Å². The fourth-order valence-corrected chi connectivity index (χ4v) is 2.23. The number of ether oxygens (including phenoxy) is 1. The van der Waals surface area contributed by atoms with Crippen LogP contribution >= 0.6 is 11.3 Å². The molecule has 0 aliphatic heterocycles. The third-order valence-corrected chi connectivity index (χ3v) is 3.96. The lowest BCUT2D eigenvalue weighted by Gasteiger charge is -2.26. The average molecular weight is 256 g/mol. The summed E-state index contributed by atoms with van der Waals surface area (Å²) in [5, 5.41) is 4.71. The summed E-state index contributed by atoms with van der Waals surface area (Å²) in [6.45, 7) is 4.54. The van der Waals surface area contributed by atoms with Gasteiger partial charge in [0.2, 0.25) is 0 Å². The fraction of sp³-hybridized carbons (Fsp3) is 0.583. The Hall–Kier alpha value is -1.07. The Morgan fingerprint density at radius 3 is 2.71 bits per heavy atom. The molecule has 0 bridgehead atoms. The van der Waals surface area contributed by atoms with Gasteiger partial charge >= 0.3 is 0 Å². The van der Waals surface area contributed by atoms with Gasteiger partial charge < -0.3 is 15.8 Å². The number of carbonyl (C=O) groups excluding carboxylic acids is 1. The van der Waals surface area contributed by atoms with Crippen molar-refractivity contribution in [3.8, 4) is 5.75 Å². The Morgan fingerprint density at radius 1 is 1.53 bits per heavy atom. The highest BCUT2D eigenvalue weighted by Gasteiger charge is 2.22. The first-order valence-electron chi connectivity index (χ1n) is 5.75. The second-order valence-corrected chi connectivity index (χ2v) is 4.99. The smallest absolute Gasteiger partial charge is 0.265 e. The van der Waals surface area contributed by atoms with E-state index in [-0.39, 0.29) is 11.4 Å². The van der Waals surface area contributed by atoms with Crippen LogP contribution in [0.15, 0.2) is 11.4 Å². The lowest BCUT2D eigenvalue weighted by Crippen LogP contribution is -2.49. The first-order valence-corrected chi connectivity index (χ1v) is 6.63. The Bertz CT molecular complexity index is 372. The third kappa shape index (κ3) is 3.44. The normalized spacial score (nSPS) is 11.3. The molecule has 0 aliphatic carbocycles. The number of nitrogens with one attached hydrogen (secondary N) is 1. The molecule has 5 heteroatoms. The zero-order valence-electron chi connectivity index (χ0n) is 10.6. The van der Waals surface area contributed by atoms with Gasteiger partial charge in [-0.2, -0.15) is 0 Å². The topological polar surface area (TPSA) is 64.3 Å². The summed E-state index contributed by atoms with van der Waals surface area (Å²) in [6.07, 6.45) is 1.68. The minimum Gasteiger partial charge on any atom is -0.495 e. The van der Waals surface area contributed by atoms with Crippen molar-refractivity contribution in [1.29, 1.82) is 0 Å². The predicted molar refractivity (Wildman–Crippen MR) is 70.7 cm³/mol. The van der Waals surface area contributed by atoms with Crippen LogP contribution in [0.5, 0.6) is 5.75 Å². The van der Waals surface area contributed by atoms with E-state index in [1.807, 2.05) is 19.2 Å². The Morgan fingerprint density at radius 2 is 2.18 bits per heavy atom. The van der Waals surface area contributed by atoms with Crippen molar-refractivity contribution in [2.24, 2.45) is 5.73 Å². The van der Waals surface area contributed by atoms with Crippen molar-refractivity contribution in [1.82, 2.24) is 5.32 Å². The van der Waals surface area contributed by atoms with E-state index < -0.39 is 0 Å². The van der Waals surface area contributed by atoms with Crippen molar-refractivity contribution in [2.45, 2.75) is 32.2 Å². The van der Waals surface area contributed by atoms with Crippen molar-refractivity contribution >= 4 is 17.2 Å². The number of hydrogen-bond donors (Lipinski definition) is 2. The Kier molecular flexibility index (Phi) is 4.96. The second-order valence-electron chi connectivity index (χ2n) is 4.07. The van der Waals surface area contributed by atoms with Gasteiger partial charge in [0.25, 0.3) is 5.91 Å². The summed E-state index contributed by atoms with van der Waals surface area (Å²) in [5.41, 5.74) is 5.81. The van der Waals surface area contributed by atoms with E-state index in [9.17, 15) is 4.79 Å². The maximum Gasteiger partial charge on any atom is 0.265 e. The minimum absolute atomic E-state index is 0.117. The van der Waals surface area contributed by atoms with Crippen molar-refractivity contribution in [3.63, 3.8) is 0 Å². The first kappa shape index (κ1) is 14.0. The molecule has 4 nitrogen and oxygen atoms in total. The molecule has 1 aromatic heterocycles. The molecule has 0 atom stereocenters. The quantitative estimate of drug-likeness (QED) is 0.818. The summed E-state index contributed by atoms with van der Waals surface area (Å²) in [6, 6.07) is 1.79. The number of amides is 1. The van der Waals surface area contributed by atoms with Crippen LogP contribution in [-0.2, 0) is 0 Å². The molecule has 1 amide bonds. The van der Waals surface area contributed by atoms with Crippen LogP contribution in [0.4, 0.5) is 0 Å². The van der Waals surface area contributed by atoms with Gasteiger partial charge in [-0.15, -0.1) is 11.3 Å². The maximum absolute atomic E-state index is 11.9. The molecule has 0 aliphatic rings. The molecule has 0 saturated heterocycles. The second kappa shape index (κ2) is 6.02. The highest BCUT2D eigenvalue weighted by atomic mass is 32.1.